The fourth-order valence-electron chi connectivity index (χ4n) is 1.44. The van der Waals surface area contributed by atoms with Crippen LogP contribution in [0.4, 0.5) is 0 Å². The summed E-state index contributed by atoms with van der Waals surface area (Å²) in [4.78, 5) is 0. The van der Waals surface area contributed by atoms with Crippen molar-refractivity contribution in [1.82, 2.24) is 0 Å². The molecule has 3 heteroatoms. The maximum absolute atomic E-state index is 6.12. The topological polar surface area (TPSA) is 18.5 Å². The molecule has 0 unspecified atom stereocenters. The van der Waals surface area contributed by atoms with Crippen LogP contribution in [0.25, 0.3) is 0 Å². The van der Waals surface area contributed by atoms with Crippen molar-refractivity contribution in [2.24, 2.45) is 0 Å². The van der Waals surface area contributed by atoms with Crippen molar-refractivity contribution >= 4 is 11.6 Å². The van der Waals surface area contributed by atoms with Crippen LogP contribution >= 0.6 is 11.6 Å². The summed E-state index contributed by atoms with van der Waals surface area (Å²) in [5.74, 6) is 2.01. The Labute approximate surface area is 103 Å². The third-order valence-electron chi connectivity index (χ3n) is 2.41. The summed E-state index contributed by atoms with van der Waals surface area (Å²) in [5.41, 5.74) is 1.14. The zero-order valence-corrected chi connectivity index (χ0v) is 10.8. The first-order valence-corrected chi connectivity index (χ1v) is 5.81. The Bertz CT molecular complexity index is 326. The van der Waals surface area contributed by atoms with Crippen LogP contribution in [0.1, 0.15) is 25.8 Å². The molecule has 1 rings (SSSR count). The van der Waals surface area contributed by atoms with Crippen LogP contribution in [-0.4, -0.2) is 20.3 Å². The van der Waals surface area contributed by atoms with Crippen molar-refractivity contribution in [3.8, 4) is 5.75 Å². The normalized spacial score (nSPS) is 10.8. The van der Waals surface area contributed by atoms with E-state index in [1.54, 1.807) is 7.11 Å². The van der Waals surface area contributed by atoms with Gasteiger partial charge in [0.15, 0.2) is 0 Å². The minimum absolute atomic E-state index is 0.630. The molecule has 0 saturated carbocycles. The molecule has 0 aliphatic carbocycles. The van der Waals surface area contributed by atoms with Gasteiger partial charge >= 0.3 is 0 Å². The minimum Gasteiger partial charge on any atom is -0.492 e. The van der Waals surface area contributed by atoms with E-state index in [4.69, 9.17) is 21.1 Å². The molecule has 0 atom stereocenters. The second kappa shape index (κ2) is 6.77. The number of hydrogen-bond donors (Lipinski definition) is 0. The second-order valence-electron chi connectivity index (χ2n) is 3.60. The fraction of sp³-hybridized carbons (Fsp3) is 0.462. The van der Waals surface area contributed by atoms with E-state index in [1.807, 2.05) is 25.1 Å². The molecule has 1 radical (unpaired) electrons. The van der Waals surface area contributed by atoms with E-state index in [0.29, 0.717) is 11.6 Å². The zero-order valence-electron chi connectivity index (χ0n) is 10.0. The molecule has 0 aliphatic rings. The van der Waals surface area contributed by atoms with E-state index >= 15 is 0 Å². The average Bonchev–Trinajstić information content (AvgIpc) is 2.29. The van der Waals surface area contributed by atoms with Gasteiger partial charge in [-0.05, 0) is 31.0 Å². The molecule has 1 aromatic carbocycles. The first-order valence-electron chi connectivity index (χ1n) is 5.43. The van der Waals surface area contributed by atoms with Gasteiger partial charge in [0.2, 0.25) is 0 Å². The van der Waals surface area contributed by atoms with Crippen molar-refractivity contribution in [3.05, 3.63) is 34.7 Å². The standard InChI is InChI=1S/C13H18ClO2/c1-4-16-13-6-5-11(9-12(13)14)10(2)7-8-15-3/h5-6,9H,4,7-8H2,1-3H3. The Kier molecular flexibility index (Phi) is 5.64. The van der Waals surface area contributed by atoms with Gasteiger partial charge in [-0.2, -0.15) is 0 Å². The summed E-state index contributed by atoms with van der Waals surface area (Å²) in [6, 6.07) is 5.89. The maximum atomic E-state index is 6.12. The van der Waals surface area contributed by atoms with Crippen molar-refractivity contribution in [2.75, 3.05) is 20.3 Å². The average molecular weight is 242 g/mol. The van der Waals surface area contributed by atoms with Gasteiger partial charge in [-0.25, -0.2) is 0 Å². The van der Waals surface area contributed by atoms with E-state index in [2.05, 4.69) is 6.92 Å². The lowest BCUT2D eigenvalue weighted by molar-refractivity contribution is 0.199. The van der Waals surface area contributed by atoms with Gasteiger partial charge in [-0.15, -0.1) is 0 Å². The molecule has 89 valence electrons. The highest BCUT2D eigenvalue weighted by molar-refractivity contribution is 6.32. The van der Waals surface area contributed by atoms with Gasteiger partial charge in [0.25, 0.3) is 0 Å². The van der Waals surface area contributed by atoms with Crippen molar-refractivity contribution in [1.29, 1.82) is 0 Å². The van der Waals surface area contributed by atoms with Crippen LogP contribution in [0, 0.1) is 5.92 Å². The quantitative estimate of drug-likeness (QED) is 0.756. The zero-order chi connectivity index (χ0) is 12.0. The summed E-state index contributed by atoms with van der Waals surface area (Å²) < 4.78 is 10.4. The van der Waals surface area contributed by atoms with Gasteiger partial charge in [-0.1, -0.05) is 24.6 Å². The number of methoxy groups -OCH3 is 1. The molecule has 2 nitrogen and oxygen atoms in total. The summed E-state index contributed by atoms with van der Waals surface area (Å²) in [6.07, 6.45) is 0.917. The highest BCUT2D eigenvalue weighted by Gasteiger charge is 2.09. The van der Waals surface area contributed by atoms with Gasteiger partial charge in [0, 0.05) is 19.6 Å². The number of rotatable bonds is 6. The largest absolute Gasteiger partial charge is 0.492 e. The fourth-order valence-corrected chi connectivity index (χ4v) is 1.67. The van der Waals surface area contributed by atoms with E-state index < -0.39 is 0 Å². The SMILES string of the molecule is CCOc1ccc([C](C)CCOC)cc1Cl. The number of ether oxygens (including phenoxy) is 2. The lowest BCUT2D eigenvalue weighted by Crippen LogP contribution is -2.00. The van der Waals surface area contributed by atoms with Gasteiger partial charge in [0.1, 0.15) is 5.75 Å². The van der Waals surface area contributed by atoms with Gasteiger partial charge < -0.3 is 9.47 Å². The van der Waals surface area contributed by atoms with Crippen LogP contribution in [0.5, 0.6) is 5.75 Å². The summed E-state index contributed by atoms with van der Waals surface area (Å²) in [5, 5.41) is 0.663. The Morgan fingerprint density at radius 3 is 2.69 bits per heavy atom. The Hall–Kier alpha value is -0.730. The highest BCUT2D eigenvalue weighted by atomic mass is 35.5. The maximum Gasteiger partial charge on any atom is 0.137 e. The Morgan fingerprint density at radius 1 is 1.38 bits per heavy atom. The lowest BCUT2D eigenvalue weighted by atomic mass is 9.98. The highest BCUT2D eigenvalue weighted by Crippen LogP contribution is 2.29. The van der Waals surface area contributed by atoms with Crippen LogP contribution in [0.15, 0.2) is 18.2 Å². The monoisotopic (exact) mass is 241 g/mol. The smallest absolute Gasteiger partial charge is 0.137 e. The molecule has 0 spiro atoms. The number of benzene rings is 1. The molecule has 1 aromatic rings. The predicted octanol–water partition coefficient (Wildman–Crippen LogP) is 3.72. The molecule has 0 aliphatic heterocycles. The van der Waals surface area contributed by atoms with E-state index in [1.165, 1.54) is 5.92 Å². The molecule has 0 amide bonds. The van der Waals surface area contributed by atoms with Crippen LogP contribution in [-0.2, 0) is 4.74 Å². The Balaban J connectivity index is 2.71. The molecule has 0 fully saturated rings. The van der Waals surface area contributed by atoms with E-state index in [0.717, 1.165) is 24.3 Å². The molecular weight excluding hydrogens is 224 g/mol. The molecule has 16 heavy (non-hydrogen) atoms. The van der Waals surface area contributed by atoms with Crippen molar-refractivity contribution in [2.45, 2.75) is 20.3 Å². The van der Waals surface area contributed by atoms with E-state index in [9.17, 15) is 0 Å². The molecule has 0 heterocycles. The predicted molar refractivity (Wildman–Crippen MR) is 67.1 cm³/mol. The number of halogens is 1. The first kappa shape index (κ1) is 13.3. The summed E-state index contributed by atoms with van der Waals surface area (Å²) in [7, 11) is 1.71. The van der Waals surface area contributed by atoms with E-state index in [-0.39, 0.29) is 0 Å². The molecule has 0 aromatic heterocycles. The summed E-state index contributed by atoms with van der Waals surface area (Å²) >= 11 is 6.12. The van der Waals surface area contributed by atoms with Crippen LogP contribution < -0.4 is 4.74 Å². The molecular formula is C13H18ClO2. The first-order chi connectivity index (χ1) is 7.69. The second-order valence-corrected chi connectivity index (χ2v) is 4.01. The Morgan fingerprint density at radius 2 is 2.12 bits per heavy atom. The van der Waals surface area contributed by atoms with Gasteiger partial charge in [-0.3, -0.25) is 0 Å². The minimum atomic E-state index is 0.630. The lowest BCUT2D eigenvalue weighted by Gasteiger charge is -2.12. The third kappa shape index (κ3) is 3.69. The van der Waals surface area contributed by atoms with Crippen LogP contribution in [0.3, 0.4) is 0 Å². The molecule has 0 bridgehead atoms. The third-order valence-corrected chi connectivity index (χ3v) is 2.70. The number of hydrogen-bond acceptors (Lipinski definition) is 2. The summed E-state index contributed by atoms with van der Waals surface area (Å²) in [6.45, 7) is 5.40. The van der Waals surface area contributed by atoms with Crippen molar-refractivity contribution in [3.63, 3.8) is 0 Å². The van der Waals surface area contributed by atoms with Crippen molar-refractivity contribution < 1.29 is 9.47 Å². The van der Waals surface area contributed by atoms with Crippen LogP contribution in [0.2, 0.25) is 5.02 Å². The molecule has 0 N–H and O–H groups in total. The molecule has 0 saturated heterocycles. The van der Waals surface area contributed by atoms with Gasteiger partial charge in [0.05, 0.1) is 11.6 Å².